The Hall–Kier alpha value is -1.84. The standard InChI is InChI=1S/C24H34O4/c1-17-9-10-19(7-3-5-11-23(13-14-23)21(25)26)20(18(17)2)8-4-6-12-24(15-16-24)22(27)28/h9-10H,3-8,11-16H2,1-2H3,(H,25,26)(H,27,28). The molecule has 0 saturated heterocycles. The van der Waals surface area contributed by atoms with Gasteiger partial charge in [0.05, 0.1) is 10.8 Å². The predicted molar refractivity (Wildman–Crippen MR) is 110 cm³/mol. The van der Waals surface area contributed by atoms with Gasteiger partial charge in [-0.25, -0.2) is 0 Å². The lowest BCUT2D eigenvalue weighted by Gasteiger charge is -2.16. The van der Waals surface area contributed by atoms with E-state index in [4.69, 9.17) is 0 Å². The maximum atomic E-state index is 11.3. The van der Waals surface area contributed by atoms with Crippen LogP contribution in [0.3, 0.4) is 0 Å². The van der Waals surface area contributed by atoms with Crippen molar-refractivity contribution in [2.75, 3.05) is 0 Å². The highest BCUT2D eigenvalue weighted by molar-refractivity contribution is 5.78. The Labute approximate surface area is 168 Å². The number of hydrogen-bond acceptors (Lipinski definition) is 2. The molecule has 0 aliphatic heterocycles. The summed E-state index contributed by atoms with van der Waals surface area (Å²) in [6.07, 6.45) is 11.0. The van der Waals surface area contributed by atoms with Gasteiger partial charge in [-0.15, -0.1) is 0 Å². The molecule has 28 heavy (non-hydrogen) atoms. The van der Waals surface area contributed by atoms with Crippen molar-refractivity contribution in [2.24, 2.45) is 10.8 Å². The zero-order chi connectivity index (χ0) is 20.4. The quantitative estimate of drug-likeness (QED) is 0.468. The van der Waals surface area contributed by atoms with Crippen LogP contribution in [0, 0.1) is 24.7 Å². The molecule has 0 spiro atoms. The van der Waals surface area contributed by atoms with Crippen LogP contribution in [-0.4, -0.2) is 22.2 Å². The van der Waals surface area contributed by atoms with Crippen molar-refractivity contribution < 1.29 is 19.8 Å². The fraction of sp³-hybridized carbons (Fsp3) is 0.667. The van der Waals surface area contributed by atoms with Crippen LogP contribution < -0.4 is 0 Å². The Kier molecular flexibility index (Phi) is 6.16. The molecule has 0 bridgehead atoms. The van der Waals surface area contributed by atoms with Crippen LogP contribution in [0.25, 0.3) is 0 Å². The highest BCUT2D eigenvalue weighted by Crippen LogP contribution is 2.50. The van der Waals surface area contributed by atoms with Crippen LogP contribution in [0.15, 0.2) is 12.1 Å². The molecular weight excluding hydrogens is 352 g/mol. The summed E-state index contributed by atoms with van der Waals surface area (Å²) in [6.45, 7) is 4.34. The Balaban J connectivity index is 1.51. The molecule has 3 rings (SSSR count). The number of carboxylic acid groups (broad SMARTS) is 2. The first-order chi connectivity index (χ1) is 13.3. The first kappa shape index (κ1) is 20.9. The normalized spacial score (nSPS) is 18.6. The van der Waals surface area contributed by atoms with E-state index in [1.807, 2.05) is 0 Å². The van der Waals surface area contributed by atoms with E-state index in [1.54, 1.807) is 0 Å². The van der Waals surface area contributed by atoms with Gasteiger partial charge in [-0.1, -0.05) is 25.0 Å². The average molecular weight is 387 g/mol. The van der Waals surface area contributed by atoms with Gasteiger partial charge < -0.3 is 10.2 Å². The van der Waals surface area contributed by atoms with Crippen molar-refractivity contribution in [2.45, 2.75) is 90.9 Å². The van der Waals surface area contributed by atoms with E-state index < -0.39 is 22.8 Å². The van der Waals surface area contributed by atoms with Crippen molar-refractivity contribution in [3.8, 4) is 0 Å². The van der Waals surface area contributed by atoms with Gasteiger partial charge in [0.25, 0.3) is 0 Å². The van der Waals surface area contributed by atoms with Gasteiger partial charge in [0.1, 0.15) is 0 Å². The third-order valence-electron chi connectivity index (χ3n) is 7.26. The minimum absolute atomic E-state index is 0.408. The monoisotopic (exact) mass is 386 g/mol. The number of aliphatic carboxylic acids is 2. The maximum absolute atomic E-state index is 11.3. The van der Waals surface area contributed by atoms with Gasteiger partial charge >= 0.3 is 11.9 Å². The van der Waals surface area contributed by atoms with Crippen molar-refractivity contribution in [1.29, 1.82) is 0 Å². The van der Waals surface area contributed by atoms with E-state index in [0.717, 1.165) is 77.0 Å². The third kappa shape index (κ3) is 4.59. The van der Waals surface area contributed by atoms with E-state index >= 15 is 0 Å². The van der Waals surface area contributed by atoms with Crippen molar-refractivity contribution >= 4 is 11.9 Å². The number of aryl methyl sites for hydroxylation is 2. The van der Waals surface area contributed by atoms with Gasteiger partial charge in [-0.3, -0.25) is 9.59 Å². The second-order valence-electron chi connectivity index (χ2n) is 9.23. The number of carboxylic acids is 2. The smallest absolute Gasteiger partial charge is 0.309 e. The molecule has 0 aromatic heterocycles. The van der Waals surface area contributed by atoms with Gasteiger partial charge in [0, 0.05) is 0 Å². The van der Waals surface area contributed by atoms with Crippen LogP contribution >= 0.6 is 0 Å². The van der Waals surface area contributed by atoms with Crippen LogP contribution in [-0.2, 0) is 22.4 Å². The molecule has 2 N–H and O–H groups in total. The van der Waals surface area contributed by atoms with Gasteiger partial charge in [-0.2, -0.15) is 0 Å². The predicted octanol–water partition coefficient (Wildman–Crippen LogP) is 5.46. The minimum Gasteiger partial charge on any atom is -0.481 e. The molecular formula is C24H34O4. The van der Waals surface area contributed by atoms with E-state index in [-0.39, 0.29) is 0 Å². The zero-order valence-electron chi connectivity index (χ0n) is 17.4. The second kappa shape index (κ2) is 8.26. The van der Waals surface area contributed by atoms with Crippen LogP contribution in [0.1, 0.15) is 86.5 Å². The summed E-state index contributed by atoms with van der Waals surface area (Å²) in [7, 11) is 0. The first-order valence-electron chi connectivity index (χ1n) is 10.8. The summed E-state index contributed by atoms with van der Waals surface area (Å²) in [4.78, 5) is 22.6. The number of carbonyl (C=O) groups is 2. The molecule has 2 saturated carbocycles. The lowest BCUT2D eigenvalue weighted by Crippen LogP contribution is -2.14. The molecule has 0 unspecified atom stereocenters. The maximum Gasteiger partial charge on any atom is 0.309 e. The number of unbranched alkanes of at least 4 members (excludes halogenated alkanes) is 2. The SMILES string of the molecule is Cc1ccc(CCCCC2(C(=O)O)CC2)c(CCCCC2(C(=O)O)CC2)c1C. The number of rotatable bonds is 12. The van der Waals surface area contributed by atoms with Gasteiger partial charge in [0.15, 0.2) is 0 Å². The Bertz CT molecular complexity index is 741. The Morgan fingerprint density at radius 1 is 0.821 bits per heavy atom. The van der Waals surface area contributed by atoms with Crippen LogP contribution in [0.4, 0.5) is 0 Å². The van der Waals surface area contributed by atoms with E-state index in [1.165, 1.54) is 22.3 Å². The van der Waals surface area contributed by atoms with Crippen LogP contribution in [0.5, 0.6) is 0 Å². The molecule has 1 aromatic carbocycles. The lowest BCUT2D eigenvalue weighted by atomic mass is 9.89. The van der Waals surface area contributed by atoms with E-state index in [9.17, 15) is 19.8 Å². The summed E-state index contributed by atoms with van der Waals surface area (Å²) >= 11 is 0. The first-order valence-corrected chi connectivity index (χ1v) is 10.8. The zero-order valence-corrected chi connectivity index (χ0v) is 17.4. The molecule has 154 valence electrons. The molecule has 2 aliphatic rings. The fourth-order valence-corrected chi connectivity index (χ4v) is 4.50. The average Bonchev–Trinajstić information content (AvgIpc) is 3.55. The Morgan fingerprint density at radius 3 is 1.79 bits per heavy atom. The highest BCUT2D eigenvalue weighted by atomic mass is 16.4. The molecule has 2 fully saturated rings. The summed E-state index contributed by atoms with van der Waals surface area (Å²) in [5, 5.41) is 18.6. The van der Waals surface area contributed by atoms with Gasteiger partial charge in [-0.05, 0) is 100 Å². The Morgan fingerprint density at radius 2 is 1.32 bits per heavy atom. The topological polar surface area (TPSA) is 74.6 Å². The van der Waals surface area contributed by atoms with Crippen molar-refractivity contribution in [3.05, 3.63) is 34.4 Å². The fourth-order valence-electron chi connectivity index (χ4n) is 4.50. The number of hydrogen-bond donors (Lipinski definition) is 2. The molecule has 0 heterocycles. The molecule has 2 aliphatic carbocycles. The van der Waals surface area contributed by atoms with Crippen molar-refractivity contribution in [3.63, 3.8) is 0 Å². The third-order valence-corrected chi connectivity index (χ3v) is 7.26. The largest absolute Gasteiger partial charge is 0.481 e. The summed E-state index contributed by atoms with van der Waals surface area (Å²) in [5.74, 6) is -1.23. The molecule has 0 atom stereocenters. The van der Waals surface area contributed by atoms with E-state index in [0.29, 0.717) is 0 Å². The van der Waals surface area contributed by atoms with Crippen molar-refractivity contribution in [1.82, 2.24) is 0 Å². The number of benzene rings is 1. The lowest BCUT2D eigenvalue weighted by molar-refractivity contribution is -0.144. The summed E-state index contributed by atoms with van der Waals surface area (Å²) < 4.78 is 0. The molecule has 0 amide bonds. The van der Waals surface area contributed by atoms with Gasteiger partial charge in [0.2, 0.25) is 0 Å². The minimum atomic E-state index is -0.617. The highest BCUT2D eigenvalue weighted by Gasteiger charge is 2.49. The summed E-state index contributed by atoms with van der Waals surface area (Å²) in [6, 6.07) is 4.43. The molecule has 0 radical (unpaired) electrons. The van der Waals surface area contributed by atoms with E-state index in [2.05, 4.69) is 26.0 Å². The molecule has 1 aromatic rings. The molecule has 4 nitrogen and oxygen atoms in total. The second-order valence-corrected chi connectivity index (χ2v) is 9.23. The molecule has 4 heteroatoms. The van der Waals surface area contributed by atoms with Crippen LogP contribution in [0.2, 0.25) is 0 Å². The summed E-state index contributed by atoms with van der Waals surface area (Å²) in [5.41, 5.74) is 4.68.